The van der Waals surface area contributed by atoms with E-state index in [1.165, 1.54) is 0 Å². The summed E-state index contributed by atoms with van der Waals surface area (Å²) in [5.74, 6) is 0.672. The molecule has 154 valence electrons. The maximum atomic E-state index is 12.0. The zero-order valence-electron chi connectivity index (χ0n) is 17.9. The van der Waals surface area contributed by atoms with Crippen molar-refractivity contribution in [2.45, 2.75) is 73.0 Å². The van der Waals surface area contributed by atoms with Gasteiger partial charge in [0.2, 0.25) is 0 Å². The molecule has 0 aliphatic carbocycles. The van der Waals surface area contributed by atoms with E-state index in [2.05, 4.69) is 5.32 Å². The molecule has 1 N–H and O–H groups in total. The molecule has 1 unspecified atom stereocenters. The van der Waals surface area contributed by atoms with Crippen LogP contribution < -0.4 is 15.7 Å². The van der Waals surface area contributed by atoms with Gasteiger partial charge in [-0.15, -0.1) is 0 Å². The van der Waals surface area contributed by atoms with Gasteiger partial charge in [0, 0.05) is 29.0 Å². The first-order valence-corrected chi connectivity index (χ1v) is 9.69. The van der Waals surface area contributed by atoms with Crippen molar-refractivity contribution in [1.82, 2.24) is 5.32 Å². The number of rotatable bonds is 6. The Labute approximate surface area is 166 Å². The molecule has 6 nitrogen and oxygen atoms in total. The molecule has 0 aliphatic heterocycles. The number of nitrogens with one attached hydrogen (secondary N) is 1. The Morgan fingerprint density at radius 3 is 2.43 bits per heavy atom. The number of hydrogen-bond donors (Lipinski definition) is 1. The van der Waals surface area contributed by atoms with E-state index < -0.39 is 11.7 Å². The molecular weight excluding hydrogens is 358 g/mol. The Kier molecular flexibility index (Phi) is 6.75. The van der Waals surface area contributed by atoms with Crippen LogP contribution in [0.1, 0.15) is 57.2 Å². The Morgan fingerprint density at radius 1 is 1.14 bits per heavy atom. The highest BCUT2D eigenvalue weighted by atomic mass is 16.6. The minimum Gasteiger partial charge on any atom is -0.493 e. The Hall–Kier alpha value is -2.50. The molecule has 1 heterocycles. The summed E-state index contributed by atoms with van der Waals surface area (Å²) >= 11 is 0. The average Bonchev–Trinajstić information content (AvgIpc) is 2.59. The Bertz CT molecular complexity index is 908. The first kappa shape index (κ1) is 21.8. The lowest BCUT2D eigenvalue weighted by molar-refractivity contribution is 0.0496. The van der Waals surface area contributed by atoms with Crippen LogP contribution in [-0.4, -0.2) is 24.3 Å². The van der Waals surface area contributed by atoms with Crippen LogP contribution >= 0.6 is 0 Å². The number of benzene rings is 1. The highest BCUT2D eigenvalue weighted by Crippen LogP contribution is 2.29. The van der Waals surface area contributed by atoms with Crippen LogP contribution in [0.2, 0.25) is 0 Å². The maximum absolute atomic E-state index is 12.0. The number of carbonyl (C=O) groups is 1. The number of aryl methyl sites for hydroxylation is 2. The minimum atomic E-state index is -0.526. The summed E-state index contributed by atoms with van der Waals surface area (Å²) in [5.41, 5.74) is 2.06. The molecule has 0 spiro atoms. The summed E-state index contributed by atoms with van der Waals surface area (Å²) in [7, 11) is 0. The van der Waals surface area contributed by atoms with Crippen LogP contribution in [0.3, 0.4) is 0 Å². The molecular formula is C22H31NO5. The molecule has 1 amide bonds. The molecule has 0 radical (unpaired) electrons. The summed E-state index contributed by atoms with van der Waals surface area (Å²) < 4.78 is 16.7. The molecule has 0 bridgehead atoms. The van der Waals surface area contributed by atoms with E-state index in [1.807, 2.05) is 53.7 Å². The van der Waals surface area contributed by atoms with Gasteiger partial charge in [-0.2, -0.15) is 0 Å². The summed E-state index contributed by atoms with van der Waals surface area (Å²) in [6, 6.07) is 3.77. The van der Waals surface area contributed by atoms with E-state index >= 15 is 0 Å². The average molecular weight is 389 g/mol. The van der Waals surface area contributed by atoms with Crippen molar-refractivity contribution in [1.29, 1.82) is 0 Å². The second-order valence-electron chi connectivity index (χ2n) is 8.09. The maximum Gasteiger partial charge on any atom is 0.407 e. The van der Waals surface area contributed by atoms with E-state index in [9.17, 15) is 9.59 Å². The minimum absolute atomic E-state index is 0.0431. The van der Waals surface area contributed by atoms with Crippen molar-refractivity contribution in [3.63, 3.8) is 0 Å². The zero-order chi connectivity index (χ0) is 21.1. The van der Waals surface area contributed by atoms with Gasteiger partial charge < -0.3 is 19.2 Å². The molecule has 6 heteroatoms. The van der Waals surface area contributed by atoms with Crippen molar-refractivity contribution in [2.75, 3.05) is 6.61 Å². The predicted molar refractivity (Wildman–Crippen MR) is 110 cm³/mol. The van der Waals surface area contributed by atoms with Gasteiger partial charge in [-0.1, -0.05) is 6.92 Å². The van der Waals surface area contributed by atoms with Crippen LogP contribution in [0.15, 0.2) is 21.3 Å². The lowest BCUT2D eigenvalue weighted by atomic mass is 10.0. The second kappa shape index (κ2) is 8.67. The van der Waals surface area contributed by atoms with Gasteiger partial charge >= 0.3 is 11.7 Å². The molecule has 1 aromatic heterocycles. The third-order valence-corrected chi connectivity index (χ3v) is 4.76. The largest absolute Gasteiger partial charge is 0.493 e. The fourth-order valence-electron chi connectivity index (χ4n) is 2.94. The standard InChI is InChI=1S/C22H31NO5/c1-8-16(23-21(25)28-22(5,6)7)11-12-26-18-10-9-17-13(2)14(3)20(24)27-19(17)15(18)4/h9-10,16H,8,11-12H2,1-7H3,(H,23,25). The molecule has 1 aromatic carbocycles. The number of alkyl carbamates (subject to hydrolysis) is 1. The van der Waals surface area contributed by atoms with Crippen LogP contribution in [0, 0.1) is 20.8 Å². The highest BCUT2D eigenvalue weighted by Gasteiger charge is 2.19. The highest BCUT2D eigenvalue weighted by molar-refractivity contribution is 5.85. The van der Waals surface area contributed by atoms with Crippen LogP contribution in [0.25, 0.3) is 11.0 Å². The summed E-state index contributed by atoms with van der Waals surface area (Å²) in [6.45, 7) is 13.5. The summed E-state index contributed by atoms with van der Waals surface area (Å²) in [4.78, 5) is 23.9. The van der Waals surface area contributed by atoms with Crippen LogP contribution in [0.5, 0.6) is 5.75 Å². The zero-order valence-corrected chi connectivity index (χ0v) is 17.9. The molecule has 0 saturated carbocycles. The number of carbonyl (C=O) groups excluding carboxylic acids is 1. The molecule has 2 aromatic rings. The second-order valence-corrected chi connectivity index (χ2v) is 8.09. The molecule has 0 saturated heterocycles. The third kappa shape index (κ3) is 5.27. The van der Waals surface area contributed by atoms with Gasteiger partial charge in [0.25, 0.3) is 0 Å². The summed E-state index contributed by atoms with van der Waals surface area (Å²) in [5, 5.41) is 3.79. The van der Waals surface area contributed by atoms with Crippen LogP contribution in [0.4, 0.5) is 4.79 Å². The van der Waals surface area contributed by atoms with Gasteiger partial charge in [-0.05, 0) is 65.7 Å². The smallest absolute Gasteiger partial charge is 0.407 e. The third-order valence-electron chi connectivity index (χ3n) is 4.76. The van der Waals surface area contributed by atoms with Gasteiger partial charge in [0.15, 0.2) is 0 Å². The van der Waals surface area contributed by atoms with E-state index in [1.54, 1.807) is 6.92 Å². The number of hydrogen-bond acceptors (Lipinski definition) is 5. The quantitative estimate of drug-likeness (QED) is 0.719. The van der Waals surface area contributed by atoms with E-state index in [-0.39, 0.29) is 11.7 Å². The van der Waals surface area contributed by atoms with E-state index in [0.29, 0.717) is 29.9 Å². The number of fused-ring (bicyclic) bond motifs is 1. The number of ether oxygens (including phenoxy) is 2. The fourth-order valence-corrected chi connectivity index (χ4v) is 2.94. The monoisotopic (exact) mass is 389 g/mol. The van der Waals surface area contributed by atoms with Gasteiger partial charge in [-0.25, -0.2) is 9.59 Å². The lowest BCUT2D eigenvalue weighted by Gasteiger charge is -2.23. The first-order valence-electron chi connectivity index (χ1n) is 9.69. The SMILES string of the molecule is CCC(CCOc1ccc2c(C)c(C)c(=O)oc2c1C)NC(=O)OC(C)(C)C. The van der Waals surface area contributed by atoms with Gasteiger partial charge in [0.1, 0.15) is 16.9 Å². The molecule has 1 atom stereocenters. The molecule has 0 fully saturated rings. The normalized spacial score (nSPS) is 12.7. The van der Waals surface area contributed by atoms with Gasteiger partial charge in [-0.3, -0.25) is 0 Å². The van der Waals surface area contributed by atoms with Crippen molar-refractivity contribution < 1.29 is 18.7 Å². The first-order chi connectivity index (χ1) is 13.0. The lowest BCUT2D eigenvalue weighted by Crippen LogP contribution is -2.39. The van der Waals surface area contributed by atoms with E-state index in [0.717, 1.165) is 22.9 Å². The van der Waals surface area contributed by atoms with E-state index in [4.69, 9.17) is 13.9 Å². The number of amides is 1. The predicted octanol–water partition coefficient (Wildman–Crippen LogP) is 4.79. The topological polar surface area (TPSA) is 77.8 Å². The molecule has 0 aliphatic rings. The van der Waals surface area contributed by atoms with Crippen molar-refractivity contribution in [3.8, 4) is 5.75 Å². The molecule has 28 heavy (non-hydrogen) atoms. The van der Waals surface area contributed by atoms with Gasteiger partial charge in [0.05, 0.1) is 6.61 Å². The Balaban J connectivity index is 2.05. The van der Waals surface area contributed by atoms with Crippen molar-refractivity contribution in [3.05, 3.63) is 39.2 Å². The van der Waals surface area contributed by atoms with Crippen molar-refractivity contribution in [2.24, 2.45) is 0 Å². The summed E-state index contributed by atoms with van der Waals surface area (Å²) in [6.07, 6.45) is 0.991. The fraction of sp³-hybridized carbons (Fsp3) is 0.545. The molecule has 2 rings (SSSR count). The Morgan fingerprint density at radius 2 is 1.82 bits per heavy atom. The van der Waals surface area contributed by atoms with Crippen LogP contribution in [-0.2, 0) is 4.74 Å². The van der Waals surface area contributed by atoms with Crippen molar-refractivity contribution >= 4 is 17.1 Å².